The van der Waals surface area contributed by atoms with Crippen molar-refractivity contribution in [3.05, 3.63) is 41.2 Å². The third kappa shape index (κ3) is 4.17. The first-order valence-corrected chi connectivity index (χ1v) is 8.59. The van der Waals surface area contributed by atoms with E-state index in [0.717, 1.165) is 31.7 Å². The molecule has 1 amide bonds. The second-order valence-corrected chi connectivity index (χ2v) is 6.65. The van der Waals surface area contributed by atoms with Gasteiger partial charge in [0.25, 0.3) is 5.91 Å². The van der Waals surface area contributed by atoms with Crippen LogP contribution in [0.5, 0.6) is 0 Å². The number of nitrogens with one attached hydrogen (secondary N) is 1. The fourth-order valence-corrected chi connectivity index (χ4v) is 3.05. The van der Waals surface area contributed by atoms with E-state index in [2.05, 4.69) is 25.4 Å². The van der Waals surface area contributed by atoms with E-state index in [0.29, 0.717) is 16.4 Å². The number of anilines is 2. The maximum absolute atomic E-state index is 12.0. The molecule has 2 aromatic heterocycles. The van der Waals surface area contributed by atoms with Crippen molar-refractivity contribution in [2.24, 2.45) is 0 Å². The minimum atomic E-state index is -0.113. The molecule has 1 aliphatic heterocycles. The van der Waals surface area contributed by atoms with Crippen molar-refractivity contribution in [2.75, 3.05) is 37.4 Å². The van der Waals surface area contributed by atoms with Gasteiger partial charge in [0.15, 0.2) is 5.82 Å². The Balaban J connectivity index is 1.60. The second kappa shape index (κ2) is 7.65. The molecule has 0 bridgehead atoms. The summed E-state index contributed by atoms with van der Waals surface area (Å²) >= 11 is 6.30. The number of halogens is 1. The largest absolute Gasteiger partial charge is 0.366 e. The van der Waals surface area contributed by atoms with Crippen LogP contribution in [0.4, 0.5) is 11.6 Å². The maximum Gasteiger partial charge on any atom is 0.254 e. The number of hydrogen-bond donors (Lipinski definition) is 1. The van der Waals surface area contributed by atoms with Crippen molar-refractivity contribution >= 4 is 29.1 Å². The lowest BCUT2D eigenvalue weighted by Gasteiger charge is -2.33. The number of piperidine rings is 1. The Hall–Kier alpha value is -2.41. The van der Waals surface area contributed by atoms with Gasteiger partial charge in [0.05, 0.1) is 10.6 Å². The van der Waals surface area contributed by atoms with Gasteiger partial charge in [0.2, 0.25) is 0 Å². The first-order valence-electron chi connectivity index (χ1n) is 8.21. The lowest BCUT2D eigenvalue weighted by molar-refractivity contribution is 0.0827. The Bertz CT molecular complexity index is 731. The number of hydrogen-bond acceptors (Lipinski definition) is 6. The number of pyridine rings is 1. The smallest absolute Gasteiger partial charge is 0.254 e. The Morgan fingerprint density at radius 2 is 2.12 bits per heavy atom. The van der Waals surface area contributed by atoms with Crippen LogP contribution in [0, 0.1) is 0 Å². The van der Waals surface area contributed by atoms with Crippen LogP contribution in [0.1, 0.15) is 23.2 Å². The van der Waals surface area contributed by atoms with Crippen molar-refractivity contribution < 1.29 is 4.79 Å². The number of carbonyl (C=O) groups is 1. The Labute approximate surface area is 152 Å². The van der Waals surface area contributed by atoms with E-state index in [1.165, 1.54) is 4.90 Å². The Morgan fingerprint density at radius 3 is 2.72 bits per heavy atom. The molecule has 0 saturated carbocycles. The van der Waals surface area contributed by atoms with Crippen LogP contribution in [0.3, 0.4) is 0 Å². The predicted octanol–water partition coefficient (Wildman–Crippen LogP) is 2.31. The van der Waals surface area contributed by atoms with Gasteiger partial charge in [-0.1, -0.05) is 11.6 Å². The second-order valence-electron chi connectivity index (χ2n) is 6.24. The van der Waals surface area contributed by atoms with Gasteiger partial charge < -0.3 is 15.1 Å². The van der Waals surface area contributed by atoms with E-state index in [1.807, 2.05) is 12.1 Å². The highest BCUT2D eigenvalue weighted by Gasteiger charge is 2.21. The molecule has 0 unspecified atom stereocenters. The molecule has 1 fully saturated rings. The van der Waals surface area contributed by atoms with Crippen molar-refractivity contribution in [1.29, 1.82) is 0 Å². The molecule has 132 valence electrons. The number of rotatable bonds is 4. The van der Waals surface area contributed by atoms with Crippen LogP contribution in [-0.4, -0.2) is 59.2 Å². The van der Waals surface area contributed by atoms with E-state index >= 15 is 0 Å². The predicted molar refractivity (Wildman–Crippen MR) is 98.2 cm³/mol. The van der Waals surface area contributed by atoms with E-state index in [1.54, 1.807) is 32.6 Å². The summed E-state index contributed by atoms with van der Waals surface area (Å²) in [6.07, 6.45) is 5.14. The monoisotopic (exact) mass is 360 g/mol. The van der Waals surface area contributed by atoms with Gasteiger partial charge in [-0.25, -0.2) is 4.98 Å². The fourth-order valence-electron chi connectivity index (χ4n) is 2.83. The number of amides is 1. The standard InChI is InChI=1S/C17H21ClN6O/c1-23(2)17(25)12-10-14(18)16(19-11-12)21-13-5-8-24(9-6-13)15-4-3-7-20-22-15/h3-4,7,10-11,13H,5-6,8-9H2,1-2H3,(H,19,21). The van der Waals surface area contributed by atoms with Crippen LogP contribution in [0.2, 0.25) is 5.02 Å². The highest BCUT2D eigenvalue weighted by molar-refractivity contribution is 6.33. The molecule has 0 atom stereocenters. The summed E-state index contributed by atoms with van der Waals surface area (Å²) in [4.78, 5) is 20.0. The van der Waals surface area contributed by atoms with E-state index in [9.17, 15) is 4.79 Å². The van der Waals surface area contributed by atoms with Crippen LogP contribution in [0.15, 0.2) is 30.6 Å². The first-order chi connectivity index (χ1) is 12.0. The third-order valence-electron chi connectivity index (χ3n) is 4.21. The third-order valence-corrected chi connectivity index (χ3v) is 4.50. The highest BCUT2D eigenvalue weighted by atomic mass is 35.5. The van der Waals surface area contributed by atoms with Gasteiger partial charge >= 0.3 is 0 Å². The summed E-state index contributed by atoms with van der Waals surface area (Å²) in [7, 11) is 3.40. The number of nitrogens with zero attached hydrogens (tertiary/aromatic N) is 5. The van der Waals surface area contributed by atoms with Gasteiger partial charge in [0, 0.05) is 45.6 Å². The summed E-state index contributed by atoms with van der Waals surface area (Å²) in [5, 5.41) is 11.9. The molecule has 0 aromatic carbocycles. The molecule has 1 saturated heterocycles. The molecule has 2 aromatic rings. The molecule has 25 heavy (non-hydrogen) atoms. The zero-order chi connectivity index (χ0) is 17.8. The van der Waals surface area contributed by atoms with Gasteiger partial charge in [-0.3, -0.25) is 4.79 Å². The molecule has 3 heterocycles. The molecular weight excluding hydrogens is 340 g/mol. The van der Waals surface area contributed by atoms with Gasteiger partial charge in [0.1, 0.15) is 5.82 Å². The van der Waals surface area contributed by atoms with Gasteiger partial charge in [-0.2, -0.15) is 5.10 Å². The molecule has 1 N–H and O–H groups in total. The van der Waals surface area contributed by atoms with Crippen LogP contribution >= 0.6 is 11.6 Å². The lowest BCUT2D eigenvalue weighted by Crippen LogP contribution is -2.39. The van der Waals surface area contributed by atoms with Crippen molar-refractivity contribution in [1.82, 2.24) is 20.1 Å². The number of aromatic nitrogens is 3. The molecule has 0 aliphatic carbocycles. The summed E-state index contributed by atoms with van der Waals surface area (Å²) in [6.45, 7) is 1.79. The van der Waals surface area contributed by atoms with Gasteiger partial charge in [-0.05, 0) is 31.0 Å². The maximum atomic E-state index is 12.0. The average molecular weight is 361 g/mol. The minimum Gasteiger partial charge on any atom is -0.366 e. The highest BCUT2D eigenvalue weighted by Crippen LogP contribution is 2.24. The number of carbonyl (C=O) groups excluding carboxylic acids is 1. The van der Waals surface area contributed by atoms with Crippen molar-refractivity contribution in [3.8, 4) is 0 Å². The van der Waals surface area contributed by atoms with Crippen molar-refractivity contribution in [3.63, 3.8) is 0 Å². The molecular formula is C17H21ClN6O. The lowest BCUT2D eigenvalue weighted by atomic mass is 10.0. The molecule has 0 spiro atoms. The molecule has 3 rings (SSSR count). The molecule has 0 radical (unpaired) electrons. The molecule has 7 nitrogen and oxygen atoms in total. The minimum absolute atomic E-state index is 0.113. The zero-order valence-electron chi connectivity index (χ0n) is 14.3. The summed E-state index contributed by atoms with van der Waals surface area (Å²) in [6, 6.07) is 5.81. The summed E-state index contributed by atoms with van der Waals surface area (Å²) in [5.74, 6) is 1.41. The van der Waals surface area contributed by atoms with Gasteiger partial charge in [-0.15, -0.1) is 5.10 Å². The Morgan fingerprint density at radius 1 is 1.36 bits per heavy atom. The normalized spacial score (nSPS) is 15.1. The average Bonchev–Trinajstić information content (AvgIpc) is 2.64. The molecule has 1 aliphatic rings. The fraction of sp³-hybridized carbons (Fsp3) is 0.412. The summed E-state index contributed by atoms with van der Waals surface area (Å²) < 4.78 is 0. The summed E-state index contributed by atoms with van der Waals surface area (Å²) in [5.41, 5.74) is 0.484. The van der Waals surface area contributed by atoms with Crippen LogP contribution in [-0.2, 0) is 0 Å². The van der Waals surface area contributed by atoms with Crippen LogP contribution in [0.25, 0.3) is 0 Å². The Kier molecular flexibility index (Phi) is 5.33. The van der Waals surface area contributed by atoms with Crippen LogP contribution < -0.4 is 10.2 Å². The van der Waals surface area contributed by atoms with E-state index in [4.69, 9.17) is 11.6 Å². The van der Waals surface area contributed by atoms with Crippen molar-refractivity contribution in [2.45, 2.75) is 18.9 Å². The quantitative estimate of drug-likeness (QED) is 0.901. The van der Waals surface area contributed by atoms with E-state index < -0.39 is 0 Å². The first kappa shape index (κ1) is 17.4. The molecule has 8 heteroatoms. The zero-order valence-corrected chi connectivity index (χ0v) is 15.1. The topological polar surface area (TPSA) is 74.2 Å². The van der Waals surface area contributed by atoms with E-state index in [-0.39, 0.29) is 11.9 Å². The SMILES string of the molecule is CN(C)C(=O)c1cnc(NC2CCN(c3cccnn3)CC2)c(Cl)c1.